The molecule has 1 aliphatic rings. The molecule has 0 radical (unpaired) electrons. The number of rotatable bonds is 5. The van der Waals surface area contributed by atoms with Crippen molar-refractivity contribution in [1.29, 1.82) is 0 Å². The Labute approximate surface area is 92.6 Å². The Hall–Kier alpha value is -0.610. The monoisotopic (exact) mass is 213 g/mol. The lowest BCUT2D eigenvalue weighted by Gasteiger charge is -2.25. The minimum Gasteiger partial charge on any atom is -0.354 e. The van der Waals surface area contributed by atoms with Gasteiger partial charge >= 0.3 is 0 Å². The molecular formula is C11H23N3O. The molecule has 1 heterocycles. The molecule has 15 heavy (non-hydrogen) atoms. The van der Waals surface area contributed by atoms with Gasteiger partial charge in [0.1, 0.15) is 0 Å². The van der Waals surface area contributed by atoms with E-state index in [9.17, 15) is 4.79 Å². The smallest absolute Gasteiger partial charge is 0.234 e. The maximum absolute atomic E-state index is 11.5. The van der Waals surface area contributed by atoms with Gasteiger partial charge in [0.2, 0.25) is 5.91 Å². The Morgan fingerprint density at radius 2 is 1.93 bits per heavy atom. The van der Waals surface area contributed by atoms with Gasteiger partial charge in [-0.2, -0.15) is 0 Å². The number of hydrogen-bond acceptors (Lipinski definition) is 3. The fraction of sp³-hybridized carbons (Fsp3) is 0.909. The van der Waals surface area contributed by atoms with Crippen LogP contribution in [0.1, 0.15) is 19.3 Å². The first kappa shape index (κ1) is 12.5. The van der Waals surface area contributed by atoms with E-state index in [4.69, 9.17) is 0 Å². The highest BCUT2D eigenvalue weighted by atomic mass is 16.2. The fourth-order valence-corrected chi connectivity index (χ4v) is 1.80. The van der Waals surface area contributed by atoms with Crippen molar-refractivity contribution in [1.82, 2.24) is 15.1 Å². The Kier molecular flexibility index (Phi) is 5.65. The molecule has 0 atom stereocenters. The van der Waals surface area contributed by atoms with Crippen molar-refractivity contribution in [2.75, 3.05) is 46.8 Å². The molecule has 4 nitrogen and oxygen atoms in total. The van der Waals surface area contributed by atoms with Crippen LogP contribution in [0.2, 0.25) is 0 Å². The second-order valence-electron chi connectivity index (χ2n) is 4.49. The van der Waals surface area contributed by atoms with Gasteiger partial charge in [-0.15, -0.1) is 0 Å². The van der Waals surface area contributed by atoms with Gasteiger partial charge in [0.25, 0.3) is 0 Å². The minimum absolute atomic E-state index is 0.166. The molecule has 1 saturated heterocycles. The van der Waals surface area contributed by atoms with Crippen molar-refractivity contribution in [2.45, 2.75) is 19.3 Å². The van der Waals surface area contributed by atoms with E-state index in [1.807, 2.05) is 14.1 Å². The molecular weight excluding hydrogens is 190 g/mol. The van der Waals surface area contributed by atoms with Crippen molar-refractivity contribution in [3.63, 3.8) is 0 Å². The molecule has 1 fully saturated rings. The van der Waals surface area contributed by atoms with Crippen LogP contribution in [0.15, 0.2) is 0 Å². The number of nitrogens with zero attached hydrogens (tertiary/aromatic N) is 2. The van der Waals surface area contributed by atoms with Crippen LogP contribution in [-0.2, 0) is 4.79 Å². The predicted octanol–water partition coefficient (Wildman–Crippen LogP) is 0.150. The third-order valence-electron chi connectivity index (χ3n) is 2.70. The number of likely N-dealkylation sites (N-methyl/N-ethyl adjacent to an activating group) is 1. The summed E-state index contributed by atoms with van der Waals surface area (Å²) in [6, 6.07) is 0. The van der Waals surface area contributed by atoms with Crippen LogP contribution >= 0.6 is 0 Å². The van der Waals surface area contributed by atoms with Crippen LogP contribution in [0.4, 0.5) is 0 Å². The van der Waals surface area contributed by atoms with Gasteiger partial charge in [0.15, 0.2) is 0 Å². The summed E-state index contributed by atoms with van der Waals surface area (Å²) in [5, 5.41) is 2.94. The van der Waals surface area contributed by atoms with E-state index in [2.05, 4.69) is 15.1 Å². The van der Waals surface area contributed by atoms with E-state index in [1.54, 1.807) is 0 Å². The van der Waals surface area contributed by atoms with Crippen molar-refractivity contribution in [2.24, 2.45) is 0 Å². The van der Waals surface area contributed by atoms with Gasteiger partial charge in [-0.3, -0.25) is 9.69 Å². The van der Waals surface area contributed by atoms with Crippen molar-refractivity contribution >= 4 is 5.91 Å². The topological polar surface area (TPSA) is 35.6 Å². The van der Waals surface area contributed by atoms with Crippen LogP contribution in [0.5, 0.6) is 0 Å². The molecule has 0 spiro atoms. The molecule has 0 saturated carbocycles. The van der Waals surface area contributed by atoms with Crippen LogP contribution in [0, 0.1) is 0 Å². The zero-order valence-corrected chi connectivity index (χ0v) is 9.96. The summed E-state index contributed by atoms with van der Waals surface area (Å²) < 4.78 is 0. The first-order chi connectivity index (χ1) is 7.18. The first-order valence-electron chi connectivity index (χ1n) is 5.82. The number of hydrogen-bond donors (Lipinski definition) is 1. The zero-order chi connectivity index (χ0) is 11.1. The van der Waals surface area contributed by atoms with E-state index in [0.717, 1.165) is 26.2 Å². The maximum atomic E-state index is 11.5. The number of carbonyl (C=O) groups is 1. The Balaban J connectivity index is 2.06. The summed E-state index contributed by atoms with van der Waals surface area (Å²) in [4.78, 5) is 15.8. The Morgan fingerprint density at radius 3 is 2.53 bits per heavy atom. The number of amides is 1. The lowest BCUT2D eigenvalue weighted by Crippen LogP contribution is -2.41. The lowest BCUT2D eigenvalue weighted by atomic mass is 10.1. The average Bonchev–Trinajstić information content (AvgIpc) is 2.18. The van der Waals surface area contributed by atoms with Crippen LogP contribution in [-0.4, -0.2) is 62.5 Å². The van der Waals surface area contributed by atoms with E-state index < -0.39 is 0 Å². The quantitative estimate of drug-likeness (QED) is 0.706. The normalized spacial score (nSPS) is 18.1. The molecule has 0 aromatic heterocycles. The SMILES string of the molecule is CN(C)CCNC(=O)CN1CCCCC1. The third kappa shape index (κ3) is 5.74. The summed E-state index contributed by atoms with van der Waals surface area (Å²) in [6.07, 6.45) is 3.80. The average molecular weight is 213 g/mol. The molecule has 88 valence electrons. The summed E-state index contributed by atoms with van der Waals surface area (Å²) in [6.45, 7) is 4.40. The van der Waals surface area contributed by atoms with E-state index in [1.165, 1.54) is 19.3 Å². The van der Waals surface area contributed by atoms with Crippen LogP contribution < -0.4 is 5.32 Å². The maximum Gasteiger partial charge on any atom is 0.234 e. The molecule has 1 rings (SSSR count). The van der Waals surface area contributed by atoms with Crippen molar-refractivity contribution in [3.8, 4) is 0 Å². The van der Waals surface area contributed by atoms with E-state index in [-0.39, 0.29) is 5.91 Å². The van der Waals surface area contributed by atoms with Gasteiger partial charge in [0.05, 0.1) is 6.54 Å². The first-order valence-corrected chi connectivity index (χ1v) is 5.82. The minimum atomic E-state index is 0.166. The molecule has 0 aromatic rings. The highest BCUT2D eigenvalue weighted by Gasteiger charge is 2.13. The van der Waals surface area contributed by atoms with Gasteiger partial charge in [-0.1, -0.05) is 6.42 Å². The van der Waals surface area contributed by atoms with Crippen molar-refractivity contribution < 1.29 is 4.79 Å². The number of nitrogens with one attached hydrogen (secondary N) is 1. The van der Waals surface area contributed by atoms with E-state index >= 15 is 0 Å². The van der Waals surface area contributed by atoms with Gasteiger partial charge in [-0.25, -0.2) is 0 Å². The van der Waals surface area contributed by atoms with Gasteiger partial charge in [0, 0.05) is 13.1 Å². The Bertz CT molecular complexity index is 188. The van der Waals surface area contributed by atoms with E-state index in [0.29, 0.717) is 6.54 Å². The highest BCUT2D eigenvalue weighted by molar-refractivity contribution is 5.77. The molecule has 0 unspecified atom stereocenters. The highest BCUT2D eigenvalue weighted by Crippen LogP contribution is 2.07. The second-order valence-corrected chi connectivity index (χ2v) is 4.49. The molecule has 0 aromatic carbocycles. The molecule has 1 N–H and O–H groups in total. The van der Waals surface area contributed by atoms with Gasteiger partial charge < -0.3 is 10.2 Å². The van der Waals surface area contributed by atoms with Crippen LogP contribution in [0.3, 0.4) is 0 Å². The molecule has 1 aliphatic heterocycles. The second kappa shape index (κ2) is 6.80. The molecule has 4 heteroatoms. The molecule has 0 bridgehead atoms. The lowest BCUT2D eigenvalue weighted by molar-refractivity contribution is -0.122. The van der Waals surface area contributed by atoms with Gasteiger partial charge in [-0.05, 0) is 40.0 Å². The third-order valence-corrected chi connectivity index (χ3v) is 2.70. The fourth-order valence-electron chi connectivity index (χ4n) is 1.80. The number of likely N-dealkylation sites (tertiary alicyclic amines) is 1. The number of piperidine rings is 1. The summed E-state index contributed by atoms with van der Waals surface area (Å²) in [5.41, 5.74) is 0. The predicted molar refractivity (Wildman–Crippen MR) is 61.9 cm³/mol. The van der Waals surface area contributed by atoms with Crippen LogP contribution in [0.25, 0.3) is 0 Å². The largest absolute Gasteiger partial charge is 0.354 e. The summed E-state index contributed by atoms with van der Waals surface area (Å²) >= 11 is 0. The summed E-state index contributed by atoms with van der Waals surface area (Å²) in [5.74, 6) is 0.166. The molecule has 1 amide bonds. The standard InChI is InChI=1S/C11H23N3O/c1-13(2)9-6-12-11(15)10-14-7-4-3-5-8-14/h3-10H2,1-2H3,(H,12,15). The Morgan fingerprint density at radius 1 is 1.27 bits per heavy atom. The summed E-state index contributed by atoms with van der Waals surface area (Å²) in [7, 11) is 4.02. The molecule has 0 aliphatic carbocycles. The number of carbonyl (C=O) groups excluding carboxylic acids is 1. The zero-order valence-electron chi connectivity index (χ0n) is 9.96. The van der Waals surface area contributed by atoms with Crippen molar-refractivity contribution in [3.05, 3.63) is 0 Å².